The van der Waals surface area contributed by atoms with Crippen molar-refractivity contribution in [3.05, 3.63) is 28.8 Å². The third kappa shape index (κ3) is 4.00. The molecule has 0 aliphatic rings. The Kier molecular flexibility index (Phi) is 5.95. The van der Waals surface area contributed by atoms with Gasteiger partial charge in [-0.15, -0.1) is 11.3 Å². The molecule has 1 aromatic carbocycles. The van der Waals surface area contributed by atoms with Gasteiger partial charge in [0.2, 0.25) is 0 Å². The van der Waals surface area contributed by atoms with Gasteiger partial charge in [0.15, 0.2) is 11.5 Å². The van der Waals surface area contributed by atoms with Crippen LogP contribution in [0.25, 0.3) is 10.6 Å². The summed E-state index contributed by atoms with van der Waals surface area (Å²) in [7, 11) is 3.18. The molecule has 0 fully saturated rings. The van der Waals surface area contributed by atoms with Crippen molar-refractivity contribution in [3.8, 4) is 22.1 Å². The highest BCUT2D eigenvalue weighted by molar-refractivity contribution is 7.17. The molecule has 0 saturated carbocycles. The lowest BCUT2D eigenvalue weighted by molar-refractivity contribution is 0.0956. The normalized spacial score (nSPS) is 10.4. The Morgan fingerprint density at radius 2 is 2.04 bits per heavy atom. The second-order valence-corrected chi connectivity index (χ2v) is 5.90. The van der Waals surface area contributed by atoms with Crippen LogP contribution in [-0.4, -0.2) is 38.2 Å². The predicted octanol–water partition coefficient (Wildman–Crippen LogP) is 2.21. The van der Waals surface area contributed by atoms with Crippen LogP contribution >= 0.6 is 11.3 Å². The van der Waals surface area contributed by atoms with Crippen LogP contribution in [0.5, 0.6) is 11.5 Å². The van der Waals surface area contributed by atoms with Crippen LogP contribution in [0.15, 0.2) is 18.2 Å². The van der Waals surface area contributed by atoms with Crippen molar-refractivity contribution >= 4 is 17.2 Å². The van der Waals surface area contributed by atoms with E-state index >= 15 is 0 Å². The van der Waals surface area contributed by atoms with Crippen LogP contribution in [0.4, 0.5) is 0 Å². The van der Waals surface area contributed by atoms with E-state index in [2.05, 4.69) is 10.3 Å². The first-order valence-electron chi connectivity index (χ1n) is 7.28. The number of aromatic nitrogens is 1. The Morgan fingerprint density at radius 1 is 1.30 bits per heavy atom. The van der Waals surface area contributed by atoms with Gasteiger partial charge in [-0.1, -0.05) is 0 Å². The minimum atomic E-state index is -0.111. The van der Waals surface area contributed by atoms with Gasteiger partial charge in [0, 0.05) is 12.1 Å². The predicted molar refractivity (Wildman–Crippen MR) is 91.4 cm³/mol. The number of hydrogen-bond donors (Lipinski definition) is 2. The molecule has 0 bridgehead atoms. The number of nitrogens with one attached hydrogen (secondary N) is 1. The van der Waals surface area contributed by atoms with Gasteiger partial charge in [-0.2, -0.15) is 0 Å². The summed E-state index contributed by atoms with van der Waals surface area (Å²) in [5.74, 6) is 1.18. The van der Waals surface area contributed by atoms with E-state index in [9.17, 15) is 4.79 Å². The van der Waals surface area contributed by atoms with Gasteiger partial charge < -0.3 is 20.5 Å². The first-order chi connectivity index (χ1) is 11.1. The molecule has 124 valence electrons. The number of nitrogens with two attached hydrogens (primary N) is 1. The van der Waals surface area contributed by atoms with Gasteiger partial charge in [-0.3, -0.25) is 4.79 Å². The van der Waals surface area contributed by atoms with Crippen LogP contribution in [0, 0.1) is 6.92 Å². The molecule has 1 aromatic heterocycles. The van der Waals surface area contributed by atoms with Crippen LogP contribution in [0.2, 0.25) is 0 Å². The monoisotopic (exact) mass is 335 g/mol. The van der Waals surface area contributed by atoms with Crippen LogP contribution in [0.3, 0.4) is 0 Å². The third-order valence-corrected chi connectivity index (χ3v) is 4.51. The van der Waals surface area contributed by atoms with Gasteiger partial charge in [0.25, 0.3) is 5.91 Å². The summed E-state index contributed by atoms with van der Waals surface area (Å²) in [6, 6.07) is 5.58. The Hall–Kier alpha value is -2.12. The number of carbonyl (C=O) groups is 1. The van der Waals surface area contributed by atoms with Crippen molar-refractivity contribution in [2.75, 3.05) is 27.3 Å². The van der Waals surface area contributed by atoms with Crippen LogP contribution in [-0.2, 0) is 0 Å². The molecule has 0 aliphatic heterocycles. The standard InChI is InChI=1S/C16H21N3O3S/c1-10-14(15(20)18-8-4-7-17)23-16(19-10)11-5-6-12(21-2)13(9-11)22-3/h5-6,9H,4,7-8,17H2,1-3H3,(H,18,20). The van der Waals surface area contributed by atoms with E-state index in [1.807, 2.05) is 25.1 Å². The summed E-state index contributed by atoms with van der Waals surface area (Å²) in [4.78, 5) is 17.3. The zero-order valence-electron chi connectivity index (χ0n) is 13.5. The summed E-state index contributed by atoms with van der Waals surface area (Å²) in [5, 5.41) is 3.62. The highest BCUT2D eigenvalue weighted by Gasteiger charge is 2.17. The van der Waals surface area contributed by atoms with E-state index < -0.39 is 0 Å². The Morgan fingerprint density at radius 3 is 2.70 bits per heavy atom. The smallest absolute Gasteiger partial charge is 0.263 e. The molecule has 7 heteroatoms. The summed E-state index contributed by atoms with van der Waals surface area (Å²) in [5.41, 5.74) is 7.03. The van der Waals surface area contributed by atoms with E-state index in [-0.39, 0.29) is 5.91 Å². The Bertz CT molecular complexity index is 685. The molecule has 0 aliphatic carbocycles. The number of aryl methyl sites for hydroxylation is 1. The number of benzene rings is 1. The highest BCUT2D eigenvalue weighted by Crippen LogP contribution is 2.34. The number of ether oxygens (including phenoxy) is 2. The SMILES string of the molecule is COc1ccc(-c2nc(C)c(C(=O)NCCCN)s2)cc1OC. The quantitative estimate of drug-likeness (QED) is 0.758. The number of hydrogen-bond acceptors (Lipinski definition) is 6. The van der Waals surface area contributed by atoms with Crippen molar-refractivity contribution in [1.82, 2.24) is 10.3 Å². The van der Waals surface area contributed by atoms with Crippen molar-refractivity contribution < 1.29 is 14.3 Å². The van der Waals surface area contributed by atoms with Gasteiger partial charge >= 0.3 is 0 Å². The van der Waals surface area contributed by atoms with Gasteiger partial charge in [-0.25, -0.2) is 4.98 Å². The molecule has 0 saturated heterocycles. The number of amides is 1. The molecule has 3 N–H and O–H groups in total. The lowest BCUT2D eigenvalue weighted by atomic mass is 10.2. The molecular weight excluding hydrogens is 314 g/mol. The van der Waals surface area contributed by atoms with Crippen molar-refractivity contribution in [2.45, 2.75) is 13.3 Å². The topological polar surface area (TPSA) is 86.5 Å². The maximum absolute atomic E-state index is 12.2. The van der Waals surface area contributed by atoms with Gasteiger partial charge in [-0.05, 0) is 38.1 Å². The summed E-state index contributed by atoms with van der Waals surface area (Å²) in [6.07, 6.45) is 0.756. The second-order valence-electron chi connectivity index (χ2n) is 4.90. The fourth-order valence-electron chi connectivity index (χ4n) is 2.08. The molecule has 6 nitrogen and oxygen atoms in total. The average Bonchev–Trinajstić information content (AvgIpc) is 2.96. The van der Waals surface area contributed by atoms with E-state index in [0.29, 0.717) is 35.2 Å². The van der Waals surface area contributed by atoms with Crippen molar-refractivity contribution in [2.24, 2.45) is 5.73 Å². The zero-order valence-corrected chi connectivity index (χ0v) is 14.3. The number of thiazole rings is 1. The number of nitrogens with zero attached hydrogens (tertiary/aromatic N) is 1. The first kappa shape index (κ1) is 17.2. The lowest BCUT2D eigenvalue weighted by Crippen LogP contribution is -2.25. The van der Waals surface area contributed by atoms with Gasteiger partial charge in [0.05, 0.1) is 19.9 Å². The molecule has 1 heterocycles. The lowest BCUT2D eigenvalue weighted by Gasteiger charge is -2.08. The highest BCUT2D eigenvalue weighted by atomic mass is 32.1. The molecule has 0 spiro atoms. The third-order valence-electron chi connectivity index (χ3n) is 3.30. The van der Waals surface area contributed by atoms with Crippen LogP contribution in [0.1, 0.15) is 21.8 Å². The number of carbonyl (C=O) groups excluding carboxylic acids is 1. The molecular formula is C16H21N3O3S. The molecule has 0 radical (unpaired) electrons. The number of methoxy groups -OCH3 is 2. The van der Waals surface area contributed by atoms with E-state index in [1.54, 1.807) is 14.2 Å². The largest absolute Gasteiger partial charge is 0.493 e. The molecule has 23 heavy (non-hydrogen) atoms. The fourth-order valence-corrected chi connectivity index (χ4v) is 3.06. The summed E-state index contributed by atoms with van der Waals surface area (Å²) >= 11 is 1.36. The van der Waals surface area contributed by atoms with Crippen LogP contribution < -0.4 is 20.5 Å². The maximum Gasteiger partial charge on any atom is 0.263 e. The van der Waals surface area contributed by atoms with Crippen molar-refractivity contribution in [3.63, 3.8) is 0 Å². The summed E-state index contributed by atoms with van der Waals surface area (Å²) in [6.45, 7) is 2.95. The molecule has 0 atom stereocenters. The zero-order chi connectivity index (χ0) is 16.8. The molecule has 2 rings (SSSR count). The van der Waals surface area contributed by atoms with Gasteiger partial charge in [0.1, 0.15) is 9.88 Å². The summed E-state index contributed by atoms with van der Waals surface area (Å²) < 4.78 is 10.5. The molecule has 0 unspecified atom stereocenters. The van der Waals surface area contributed by atoms with E-state index in [4.69, 9.17) is 15.2 Å². The minimum Gasteiger partial charge on any atom is -0.493 e. The number of rotatable bonds is 7. The Labute approximate surface area is 139 Å². The fraction of sp³-hybridized carbons (Fsp3) is 0.375. The average molecular weight is 335 g/mol. The molecule has 2 aromatic rings. The maximum atomic E-state index is 12.2. The van der Waals surface area contributed by atoms with E-state index in [1.165, 1.54) is 11.3 Å². The molecule has 1 amide bonds. The minimum absolute atomic E-state index is 0.111. The Balaban J connectivity index is 2.25. The first-order valence-corrected chi connectivity index (χ1v) is 8.10. The second kappa shape index (κ2) is 7.94. The van der Waals surface area contributed by atoms with Crippen molar-refractivity contribution in [1.29, 1.82) is 0 Å². The van der Waals surface area contributed by atoms with E-state index in [0.717, 1.165) is 17.0 Å².